The molecular formula is C46H54F3N9O5S. The van der Waals surface area contributed by atoms with Crippen LogP contribution >= 0.6 is 12.1 Å². The first-order valence-corrected chi connectivity index (χ1v) is 22.6. The van der Waals surface area contributed by atoms with E-state index in [4.69, 9.17) is 4.74 Å². The van der Waals surface area contributed by atoms with Gasteiger partial charge in [0.05, 0.1) is 35.1 Å². The Kier molecular flexibility index (Phi) is 14.8. The lowest BCUT2D eigenvalue weighted by atomic mass is 9.77. The first-order chi connectivity index (χ1) is 30.8. The predicted molar refractivity (Wildman–Crippen MR) is 239 cm³/mol. The molecule has 0 radical (unpaired) electrons. The molecule has 4 aromatic rings. The van der Waals surface area contributed by atoms with Crippen LogP contribution in [0.3, 0.4) is 0 Å². The molecule has 0 bridgehead atoms. The Morgan fingerprint density at radius 2 is 1.80 bits per heavy atom. The molecule has 2 amide bonds. The van der Waals surface area contributed by atoms with Gasteiger partial charge in [0, 0.05) is 57.3 Å². The van der Waals surface area contributed by atoms with Gasteiger partial charge in [-0.3, -0.25) is 23.9 Å². The maximum atomic E-state index is 15.4. The molecule has 340 valence electrons. The number of ether oxygens (including phenoxy) is 1. The average molecular weight is 902 g/mol. The number of amides is 2. The smallest absolute Gasteiger partial charge is 0.261 e. The Balaban J connectivity index is 0.922. The van der Waals surface area contributed by atoms with Gasteiger partial charge < -0.3 is 29.8 Å². The molecule has 18 heteroatoms. The Labute approximate surface area is 374 Å². The summed E-state index contributed by atoms with van der Waals surface area (Å²) in [5, 5.41) is 15.5. The minimum Gasteiger partial charge on any atom is -0.453 e. The number of nitriles is 1. The van der Waals surface area contributed by atoms with E-state index in [2.05, 4.69) is 25.2 Å². The number of carbonyl (C=O) groups excluding carboxylic acids is 3. The number of likely N-dealkylation sites (tertiary alicyclic amines) is 2. The van der Waals surface area contributed by atoms with Gasteiger partial charge in [0.25, 0.3) is 5.56 Å². The molecule has 3 N–H and O–H groups in total. The summed E-state index contributed by atoms with van der Waals surface area (Å²) < 4.78 is 58.3. The minimum absolute atomic E-state index is 0.000711. The fourth-order valence-electron chi connectivity index (χ4n) is 9.24. The van der Waals surface area contributed by atoms with Gasteiger partial charge in [0.1, 0.15) is 41.3 Å². The number of hydrogen-bond acceptors (Lipinski definition) is 12. The molecule has 3 aromatic carbocycles. The normalized spacial score (nSPS) is 18.2. The van der Waals surface area contributed by atoms with Gasteiger partial charge in [-0.1, -0.05) is 6.92 Å². The highest BCUT2D eigenvalue weighted by Gasteiger charge is 2.43. The molecular weight excluding hydrogens is 848 g/mol. The molecule has 1 aliphatic carbocycles. The summed E-state index contributed by atoms with van der Waals surface area (Å²) in [6, 6.07) is 10.8. The van der Waals surface area contributed by atoms with E-state index in [-0.39, 0.29) is 76.5 Å². The van der Waals surface area contributed by atoms with Gasteiger partial charge in [-0.15, -0.1) is 0 Å². The van der Waals surface area contributed by atoms with E-state index in [9.17, 15) is 24.4 Å². The van der Waals surface area contributed by atoms with Crippen molar-refractivity contribution in [1.29, 1.82) is 5.26 Å². The summed E-state index contributed by atoms with van der Waals surface area (Å²) in [6.45, 7) is 5.30. The quantitative estimate of drug-likeness (QED) is 0.0772. The Morgan fingerprint density at radius 1 is 1.03 bits per heavy atom. The molecule has 2 atom stereocenters. The van der Waals surface area contributed by atoms with Crippen LogP contribution in [0.25, 0.3) is 10.9 Å². The number of carbonyl (C=O) groups is 3. The topological polar surface area (TPSA) is 165 Å². The number of likely N-dealkylation sites (N-methyl/N-ethyl adjacent to an activating group) is 1. The highest BCUT2D eigenvalue weighted by Crippen LogP contribution is 2.50. The maximum Gasteiger partial charge on any atom is 0.261 e. The van der Waals surface area contributed by atoms with Gasteiger partial charge in [0.2, 0.25) is 11.8 Å². The van der Waals surface area contributed by atoms with Crippen molar-refractivity contribution < 1.29 is 32.3 Å². The number of piperidine rings is 2. The third kappa shape index (κ3) is 10.3. The van der Waals surface area contributed by atoms with E-state index in [1.807, 2.05) is 29.2 Å². The second-order valence-corrected chi connectivity index (χ2v) is 18.0. The van der Waals surface area contributed by atoms with Gasteiger partial charge in [-0.2, -0.15) is 5.26 Å². The molecule has 1 spiro atoms. The second kappa shape index (κ2) is 20.5. The first-order valence-electron chi connectivity index (χ1n) is 21.8. The minimum atomic E-state index is -0.889. The van der Waals surface area contributed by atoms with Crippen molar-refractivity contribution in [2.75, 3.05) is 63.4 Å². The number of halogens is 3. The van der Waals surface area contributed by atoms with Crippen LogP contribution in [-0.4, -0.2) is 101 Å². The van der Waals surface area contributed by atoms with Crippen LogP contribution in [-0.2, 0) is 14.4 Å². The lowest BCUT2D eigenvalue weighted by Gasteiger charge is -2.40. The molecule has 14 nitrogen and oxygen atoms in total. The van der Waals surface area contributed by atoms with Gasteiger partial charge >= 0.3 is 0 Å². The summed E-state index contributed by atoms with van der Waals surface area (Å²) in [6.07, 6.45) is 7.71. The van der Waals surface area contributed by atoms with Crippen molar-refractivity contribution in [3.63, 3.8) is 0 Å². The van der Waals surface area contributed by atoms with Crippen LogP contribution in [0.15, 0.2) is 53.6 Å². The monoisotopic (exact) mass is 901 g/mol. The largest absolute Gasteiger partial charge is 0.453 e. The molecule has 1 saturated carbocycles. The molecule has 2 aliphatic heterocycles. The van der Waals surface area contributed by atoms with E-state index in [0.717, 1.165) is 44.7 Å². The zero-order valence-corrected chi connectivity index (χ0v) is 37.1. The Morgan fingerprint density at radius 3 is 2.50 bits per heavy atom. The fraction of sp³-hybridized carbons (Fsp3) is 0.478. The Hall–Kier alpha value is -5.64. The lowest BCUT2D eigenvalue weighted by Crippen LogP contribution is -2.47. The van der Waals surface area contributed by atoms with Crippen LogP contribution in [0.4, 0.5) is 24.5 Å². The molecule has 64 heavy (non-hydrogen) atoms. The Bertz CT molecular complexity index is 2470. The zero-order valence-electron chi connectivity index (χ0n) is 36.3. The van der Waals surface area contributed by atoms with Crippen LogP contribution in [0.1, 0.15) is 87.8 Å². The van der Waals surface area contributed by atoms with Crippen molar-refractivity contribution in [1.82, 2.24) is 29.0 Å². The van der Waals surface area contributed by atoms with Crippen LogP contribution < -0.4 is 25.7 Å². The predicted octanol–water partition coefficient (Wildman–Crippen LogP) is 7.12. The molecule has 7 rings (SSSR count). The van der Waals surface area contributed by atoms with E-state index < -0.39 is 29.4 Å². The summed E-state index contributed by atoms with van der Waals surface area (Å²) >= 11 is 1.27. The van der Waals surface area contributed by atoms with E-state index in [1.165, 1.54) is 37.4 Å². The van der Waals surface area contributed by atoms with E-state index >= 15 is 13.2 Å². The highest BCUT2D eigenvalue weighted by atomic mass is 32.2. The fourth-order valence-corrected chi connectivity index (χ4v) is 9.80. The molecule has 2 unspecified atom stereocenters. The first kappa shape index (κ1) is 46.4. The molecule has 3 heterocycles. The third-order valence-corrected chi connectivity index (χ3v) is 14.0. The average Bonchev–Trinajstić information content (AvgIpc) is 3.71. The standard InChI is InChI=1S/C46H54F3N9O5S/c1-4-55(3)64-54-39-10-8-35(47)43(34(39)26-50)63-31-7-9-38-33(22-31)45(62)58(28-52-38)30-11-14-46(25-30)15-19-57(20-16-46)42(60)27-56-17-12-29(13-18-56)32-23-37(49)41(24-36(32)48)53-40(6-5-21-59)44(61)51-2/h7-10,21-24,28-30,40,53-54H,4-6,11-20,25,27H2,1-3H3,(H,51,61). The molecule has 3 aliphatic rings. The summed E-state index contributed by atoms with van der Waals surface area (Å²) in [5.74, 6) is -2.62. The number of hydrogen-bond donors (Lipinski definition) is 3. The van der Waals surface area contributed by atoms with Gasteiger partial charge in [-0.25, -0.2) is 22.5 Å². The number of anilines is 2. The number of rotatable bonds is 16. The maximum absolute atomic E-state index is 15.4. The van der Waals surface area contributed by atoms with Gasteiger partial charge in [0.15, 0.2) is 11.6 Å². The molecule has 2 saturated heterocycles. The van der Waals surface area contributed by atoms with Crippen molar-refractivity contribution in [2.24, 2.45) is 5.41 Å². The summed E-state index contributed by atoms with van der Waals surface area (Å²) in [4.78, 5) is 59.2. The van der Waals surface area contributed by atoms with Crippen LogP contribution in [0.5, 0.6) is 11.5 Å². The number of nitrogens with one attached hydrogen (secondary N) is 3. The van der Waals surface area contributed by atoms with Crippen LogP contribution in [0, 0.1) is 34.2 Å². The second-order valence-electron chi connectivity index (χ2n) is 17.0. The number of aldehydes is 1. The summed E-state index contributed by atoms with van der Waals surface area (Å²) in [7, 11) is 3.31. The third-order valence-electron chi connectivity index (χ3n) is 13.1. The van der Waals surface area contributed by atoms with Crippen molar-refractivity contribution in [3.05, 3.63) is 87.7 Å². The molecule has 1 aromatic heterocycles. The van der Waals surface area contributed by atoms with E-state index in [0.29, 0.717) is 61.9 Å². The van der Waals surface area contributed by atoms with Crippen LogP contribution in [0.2, 0.25) is 0 Å². The number of benzene rings is 3. The van der Waals surface area contributed by atoms with Crippen molar-refractivity contribution >= 4 is 52.5 Å². The number of fused-ring (bicyclic) bond motifs is 1. The molecule has 3 fully saturated rings. The lowest BCUT2D eigenvalue weighted by molar-refractivity contribution is -0.135. The number of nitrogens with zero attached hydrogens (tertiary/aromatic N) is 6. The number of aromatic nitrogens is 2. The van der Waals surface area contributed by atoms with Gasteiger partial charge in [-0.05, 0) is 125 Å². The highest BCUT2D eigenvalue weighted by molar-refractivity contribution is 7.98. The van der Waals surface area contributed by atoms with Crippen molar-refractivity contribution in [3.8, 4) is 17.6 Å². The van der Waals surface area contributed by atoms with E-state index in [1.54, 1.807) is 29.1 Å². The summed E-state index contributed by atoms with van der Waals surface area (Å²) in [5.41, 5.74) is 0.742. The SMILES string of the molecule is CCN(C)SNc1ccc(F)c(Oc2ccc3ncn(C4CCC5(CCN(C(=O)CN6CCC(c7cc(F)c(NC(CCC=O)C(=O)NC)cc7F)CC6)CC5)C4)c(=O)c3c2)c1C#N. The zero-order chi connectivity index (χ0) is 45.5. The van der Waals surface area contributed by atoms with Crippen molar-refractivity contribution in [2.45, 2.75) is 82.7 Å².